The molecular weight excluding hydrogens is 452 g/mol. The second-order valence-corrected chi connectivity index (χ2v) is 7.84. The second-order valence-electron chi connectivity index (χ2n) is 6.44. The van der Waals surface area contributed by atoms with Crippen LogP contribution in [0.15, 0.2) is 72.1 Å². The van der Waals surface area contributed by atoms with Crippen LogP contribution in [0.2, 0.25) is 5.02 Å². The van der Waals surface area contributed by atoms with E-state index >= 15 is 0 Å². The normalized spacial score (nSPS) is 10.7. The zero-order valence-electron chi connectivity index (χ0n) is 16.6. The summed E-state index contributed by atoms with van der Waals surface area (Å²) in [6.07, 6.45) is 3.10. The first-order chi connectivity index (χ1) is 15.6. The lowest BCUT2D eigenvalue weighted by Crippen LogP contribution is -2.44. The van der Waals surface area contributed by atoms with Crippen molar-refractivity contribution < 1.29 is 14.3 Å². The van der Waals surface area contributed by atoms with Crippen molar-refractivity contribution in [2.24, 2.45) is 0 Å². The van der Waals surface area contributed by atoms with E-state index in [9.17, 15) is 9.59 Å². The second kappa shape index (κ2) is 10.1. The van der Waals surface area contributed by atoms with E-state index in [2.05, 4.69) is 25.9 Å². The molecule has 2 aromatic heterocycles. The Morgan fingerprint density at radius 1 is 1.00 bits per heavy atom. The van der Waals surface area contributed by atoms with Crippen LogP contribution in [0, 0.1) is 0 Å². The molecule has 2 heterocycles. The number of para-hydroxylation sites is 1. The fourth-order valence-corrected chi connectivity index (χ4v) is 3.61. The smallest absolute Gasteiger partial charge is 0.276 e. The molecule has 2 amide bonds. The van der Waals surface area contributed by atoms with Crippen LogP contribution in [-0.4, -0.2) is 43.9 Å². The highest BCUT2D eigenvalue weighted by Crippen LogP contribution is 2.25. The van der Waals surface area contributed by atoms with Crippen LogP contribution in [-0.2, 0) is 9.59 Å². The van der Waals surface area contributed by atoms with Crippen LogP contribution in [0.3, 0.4) is 0 Å². The molecule has 0 saturated carbocycles. The van der Waals surface area contributed by atoms with Gasteiger partial charge in [0.15, 0.2) is 12.3 Å². The summed E-state index contributed by atoms with van der Waals surface area (Å²) < 4.78 is 7.03. The third-order valence-corrected chi connectivity index (χ3v) is 5.45. The van der Waals surface area contributed by atoms with Gasteiger partial charge in [0, 0.05) is 5.02 Å². The summed E-state index contributed by atoms with van der Waals surface area (Å²) >= 11 is 7.02. The number of hydrazine groups is 1. The Morgan fingerprint density at radius 2 is 1.75 bits per heavy atom. The zero-order valence-corrected chi connectivity index (χ0v) is 18.1. The molecule has 0 saturated heterocycles. The minimum absolute atomic E-state index is 0.0426. The predicted octanol–water partition coefficient (Wildman–Crippen LogP) is 2.79. The molecular formula is C21H17ClN6O3S. The number of fused-ring (bicyclic) bond motifs is 1. The molecule has 0 radical (unpaired) electrons. The van der Waals surface area contributed by atoms with E-state index in [0.29, 0.717) is 21.4 Å². The molecule has 4 aromatic rings. The van der Waals surface area contributed by atoms with E-state index < -0.39 is 11.8 Å². The lowest BCUT2D eigenvalue weighted by molar-refractivity contribution is -0.128. The van der Waals surface area contributed by atoms with Crippen LogP contribution in [0.4, 0.5) is 0 Å². The summed E-state index contributed by atoms with van der Waals surface area (Å²) in [4.78, 5) is 32.6. The summed E-state index contributed by atoms with van der Waals surface area (Å²) in [5, 5.41) is 6.30. The Hall–Kier alpha value is -3.63. The summed E-state index contributed by atoms with van der Waals surface area (Å²) in [5.74, 6) is -0.347. The summed E-state index contributed by atoms with van der Waals surface area (Å²) in [7, 11) is 0. The van der Waals surface area contributed by atoms with Gasteiger partial charge >= 0.3 is 0 Å². The maximum absolute atomic E-state index is 12.1. The van der Waals surface area contributed by atoms with E-state index in [1.54, 1.807) is 35.1 Å². The van der Waals surface area contributed by atoms with E-state index in [1.807, 2.05) is 30.3 Å². The van der Waals surface area contributed by atoms with Gasteiger partial charge in [0.25, 0.3) is 5.91 Å². The minimum Gasteiger partial charge on any atom is -0.484 e. The van der Waals surface area contributed by atoms with Gasteiger partial charge in [-0.25, -0.2) is 14.6 Å². The minimum atomic E-state index is -0.494. The summed E-state index contributed by atoms with van der Waals surface area (Å²) in [6.45, 7) is -0.250. The van der Waals surface area contributed by atoms with Crippen LogP contribution < -0.4 is 15.6 Å². The molecule has 2 aromatic carbocycles. The fraction of sp³-hybridized carbons (Fsp3) is 0.0952. The standard InChI is InChI=1S/C21H17ClN6O3S/c22-14-6-8-16(9-7-14)31-11-18(29)26-27-19(30)12-32-21-17-10-25-28(20(17)23-13-24-21)15-4-2-1-3-5-15/h1-10,13H,11-12H2,(H,26,29)(H,27,30). The molecule has 0 bridgehead atoms. The van der Waals surface area contributed by atoms with Crippen molar-refractivity contribution in [2.75, 3.05) is 12.4 Å². The van der Waals surface area contributed by atoms with Gasteiger partial charge in [0.1, 0.15) is 17.1 Å². The lowest BCUT2D eigenvalue weighted by atomic mass is 10.3. The molecule has 0 aliphatic rings. The van der Waals surface area contributed by atoms with E-state index in [-0.39, 0.29) is 12.4 Å². The van der Waals surface area contributed by atoms with Gasteiger partial charge in [-0.3, -0.25) is 20.4 Å². The lowest BCUT2D eigenvalue weighted by Gasteiger charge is -2.09. The van der Waals surface area contributed by atoms with Crippen LogP contribution in [0.25, 0.3) is 16.7 Å². The van der Waals surface area contributed by atoms with Gasteiger partial charge in [0.2, 0.25) is 5.91 Å². The first-order valence-electron chi connectivity index (χ1n) is 9.43. The molecule has 0 aliphatic heterocycles. The van der Waals surface area contributed by atoms with Crippen molar-refractivity contribution in [3.05, 3.63) is 72.1 Å². The van der Waals surface area contributed by atoms with Crippen molar-refractivity contribution in [3.63, 3.8) is 0 Å². The predicted molar refractivity (Wildman–Crippen MR) is 121 cm³/mol. The Bertz CT molecular complexity index is 1230. The number of rotatable bonds is 7. The largest absolute Gasteiger partial charge is 0.484 e. The Balaban J connectivity index is 1.29. The average molecular weight is 469 g/mol. The number of hydrogen-bond acceptors (Lipinski definition) is 7. The number of amides is 2. The molecule has 11 heteroatoms. The number of carbonyl (C=O) groups excluding carboxylic acids is 2. The van der Waals surface area contributed by atoms with Gasteiger partial charge in [-0.15, -0.1) is 0 Å². The third-order valence-electron chi connectivity index (χ3n) is 4.19. The quantitative estimate of drug-likeness (QED) is 0.244. The molecule has 4 rings (SSSR count). The fourth-order valence-electron chi connectivity index (χ4n) is 2.72. The molecule has 162 valence electrons. The van der Waals surface area contributed by atoms with Crippen molar-refractivity contribution in [2.45, 2.75) is 5.03 Å². The zero-order chi connectivity index (χ0) is 22.3. The Morgan fingerprint density at radius 3 is 2.53 bits per heavy atom. The number of nitrogens with zero attached hydrogens (tertiary/aromatic N) is 4. The van der Waals surface area contributed by atoms with Gasteiger partial charge in [0.05, 0.1) is 23.0 Å². The number of halogens is 1. The van der Waals surface area contributed by atoms with E-state index in [1.165, 1.54) is 18.1 Å². The Kier molecular flexibility index (Phi) is 6.83. The molecule has 9 nitrogen and oxygen atoms in total. The van der Waals surface area contributed by atoms with Gasteiger partial charge in [-0.1, -0.05) is 41.6 Å². The molecule has 0 spiro atoms. The number of benzene rings is 2. The van der Waals surface area contributed by atoms with E-state index in [4.69, 9.17) is 16.3 Å². The number of thioether (sulfide) groups is 1. The number of hydrogen-bond donors (Lipinski definition) is 2. The van der Waals surface area contributed by atoms with Crippen molar-refractivity contribution in [1.82, 2.24) is 30.6 Å². The summed E-state index contributed by atoms with van der Waals surface area (Å²) in [5.41, 5.74) is 6.18. The van der Waals surface area contributed by atoms with Gasteiger partial charge in [-0.2, -0.15) is 5.10 Å². The Labute approximate surface area is 192 Å². The maximum Gasteiger partial charge on any atom is 0.276 e. The maximum atomic E-state index is 12.1. The highest BCUT2D eigenvalue weighted by atomic mass is 35.5. The third kappa shape index (κ3) is 5.34. The molecule has 2 N–H and O–H groups in total. The number of carbonyl (C=O) groups is 2. The monoisotopic (exact) mass is 468 g/mol. The highest BCUT2D eigenvalue weighted by Gasteiger charge is 2.13. The van der Waals surface area contributed by atoms with Crippen LogP contribution in [0.1, 0.15) is 0 Å². The first kappa shape index (κ1) is 21.6. The van der Waals surface area contributed by atoms with Crippen molar-refractivity contribution in [1.29, 1.82) is 0 Å². The molecule has 0 atom stereocenters. The SMILES string of the molecule is O=C(COc1ccc(Cl)cc1)NNC(=O)CSc1ncnc2c1cnn2-c1ccccc1. The molecule has 32 heavy (non-hydrogen) atoms. The number of nitrogens with one attached hydrogen (secondary N) is 2. The van der Waals surface area contributed by atoms with Gasteiger partial charge < -0.3 is 4.74 Å². The first-order valence-corrected chi connectivity index (χ1v) is 10.8. The van der Waals surface area contributed by atoms with Gasteiger partial charge in [-0.05, 0) is 36.4 Å². The number of aromatic nitrogens is 4. The molecule has 0 fully saturated rings. The average Bonchev–Trinajstić information content (AvgIpc) is 3.26. The molecule has 0 unspecified atom stereocenters. The van der Waals surface area contributed by atoms with Crippen LogP contribution >= 0.6 is 23.4 Å². The topological polar surface area (TPSA) is 111 Å². The highest BCUT2D eigenvalue weighted by molar-refractivity contribution is 8.00. The summed E-state index contributed by atoms with van der Waals surface area (Å²) in [6, 6.07) is 16.2. The number of ether oxygens (including phenoxy) is 1. The van der Waals surface area contributed by atoms with Crippen molar-refractivity contribution in [3.8, 4) is 11.4 Å². The van der Waals surface area contributed by atoms with Crippen LogP contribution in [0.5, 0.6) is 5.75 Å². The van der Waals surface area contributed by atoms with Crippen molar-refractivity contribution >= 4 is 46.2 Å². The van der Waals surface area contributed by atoms with E-state index in [0.717, 1.165) is 11.1 Å². The molecule has 0 aliphatic carbocycles.